The van der Waals surface area contributed by atoms with Gasteiger partial charge in [0.05, 0.1) is 26.0 Å². The molecular weight excluding hydrogens is 1100 g/mol. The first kappa shape index (κ1) is 58.9. The molecule has 4 aromatic carbocycles. The van der Waals surface area contributed by atoms with Crippen LogP contribution < -0.4 is 22.5 Å². The molecule has 3 aromatic heterocycles. The molecular formula is C48H44Cl3F2N11O14. The van der Waals surface area contributed by atoms with E-state index in [0.717, 1.165) is 4.80 Å². The van der Waals surface area contributed by atoms with Gasteiger partial charge in [0.15, 0.2) is 42.8 Å². The summed E-state index contributed by atoms with van der Waals surface area (Å²) in [5, 5.41) is 50.6. The number of azo groups is 1. The van der Waals surface area contributed by atoms with E-state index in [1.165, 1.54) is 60.4 Å². The summed E-state index contributed by atoms with van der Waals surface area (Å²) in [7, 11) is 1.49. The van der Waals surface area contributed by atoms with Crippen LogP contribution in [0.3, 0.4) is 0 Å². The summed E-state index contributed by atoms with van der Waals surface area (Å²) >= 11 is 17.3. The summed E-state index contributed by atoms with van der Waals surface area (Å²) in [5.74, 6) is -5.59. The van der Waals surface area contributed by atoms with Gasteiger partial charge in [-0.05, 0) is 77.7 Å². The molecule has 0 radical (unpaired) electrons. The lowest BCUT2D eigenvalue weighted by Gasteiger charge is -2.24. The number of rotatable bonds is 19. The Bertz CT molecular complexity index is 3420. The van der Waals surface area contributed by atoms with Gasteiger partial charge in [-0.3, -0.25) is 20.4 Å². The Morgan fingerprint density at radius 3 is 1.67 bits per heavy atom. The molecule has 1 aliphatic rings. The number of aliphatic hydroxyl groups is 2. The summed E-state index contributed by atoms with van der Waals surface area (Å²) in [6.45, 7) is 1.98. The Morgan fingerprint density at radius 2 is 1.24 bits per heavy atom. The third-order valence-corrected chi connectivity index (χ3v) is 11.2. The van der Waals surface area contributed by atoms with Crippen molar-refractivity contribution in [2.75, 3.05) is 19.8 Å². The van der Waals surface area contributed by atoms with Crippen molar-refractivity contribution in [3.8, 4) is 22.3 Å². The van der Waals surface area contributed by atoms with Crippen molar-refractivity contribution in [2.45, 2.75) is 51.6 Å². The molecule has 4 heterocycles. The number of carboxylic acid groups (broad SMARTS) is 1. The number of carbonyl (C=O) groups is 4. The van der Waals surface area contributed by atoms with Crippen LogP contribution >= 0.6 is 34.8 Å². The lowest BCUT2D eigenvalue weighted by Crippen LogP contribution is -2.49. The van der Waals surface area contributed by atoms with E-state index in [1.807, 2.05) is 0 Å². The number of aliphatic hydroxyl groups excluding tert-OH is 2. The first-order valence-corrected chi connectivity index (χ1v) is 23.8. The minimum absolute atomic E-state index is 0.00143. The standard InChI is InChI=1S/C24H21ClFN5O7.C19H18ClFN6O4.C5H5ClO3/c1-13-20(38-24(35)37-13)11-36-23(34)19(32)10-31(30-22(33)21-27-12-28-29-21)9-14-2-4-15(5-3-14)17-8-16(25)6-7-18(17)26;1-26-23-17(22-25-26)18(29)24-27(10-16(28)19(30)31)9-11-2-4-12(5-3-11)14-8-13(20)6-7-15(14)21;1-3-4(2-6)9-5(7)8-3/h2-8,19,32H,9-12H2,1H3,(H,30,33);2-8,16,28H,9-10H2,1H3,(H,24,29)(H,30,31);2H2,1H3/t19-;16-;/m11./s1. The van der Waals surface area contributed by atoms with Crippen LogP contribution in [0.5, 0.6) is 0 Å². The predicted molar refractivity (Wildman–Crippen MR) is 269 cm³/mol. The molecule has 0 saturated heterocycles. The summed E-state index contributed by atoms with van der Waals surface area (Å²) in [4.78, 5) is 74.6. The van der Waals surface area contributed by atoms with Gasteiger partial charge < -0.3 is 37.7 Å². The Morgan fingerprint density at radius 1 is 0.744 bits per heavy atom. The molecule has 0 unspecified atom stereocenters. The minimum atomic E-state index is -1.74. The normalized spacial score (nSPS) is 12.5. The molecule has 0 saturated carbocycles. The number of amides is 2. The number of aliphatic carboxylic acids is 1. The average Bonchev–Trinajstić information content (AvgIpc) is 4.24. The highest BCUT2D eigenvalue weighted by Gasteiger charge is 2.26. The summed E-state index contributed by atoms with van der Waals surface area (Å²) < 4.78 is 51.8. The van der Waals surface area contributed by atoms with Crippen LogP contribution in [0.15, 0.2) is 127 Å². The van der Waals surface area contributed by atoms with E-state index in [9.17, 15) is 47.8 Å². The van der Waals surface area contributed by atoms with E-state index in [1.54, 1.807) is 55.5 Å². The first-order valence-electron chi connectivity index (χ1n) is 22.5. The lowest BCUT2D eigenvalue weighted by molar-refractivity contribution is -0.157. The second kappa shape index (κ2) is 27.6. The van der Waals surface area contributed by atoms with Gasteiger partial charge in [0, 0.05) is 34.3 Å². The third kappa shape index (κ3) is 17.1. The number of nitrogens with zero attached hydrogens (tertiary/aromatic N) is 9. The van der Waals surface area contributed by atoms with Crippen LogP contribution in [0.2, 0.25) is 10.0 Å². The maximum Gasteiger partial charge on any atom is 0.519 e. The summed E-state index contributed by atoms with van der Waals surface area (Å²) in [6, 6.07) is 21.9. The van der Waals surface area contributed by atoms with Crippen LogP contribution in [-0.4, -0.2) is 107 Å². The van der Waals surface area contributed by atoms with Crippen molar-refractivity contribution in [1.82, 2.24) is 41.1 Å². The Kier molecular flexibility index (Phi) is 20.9. The quantitative estimate of drug-likeness (QED) is 0.0389. The van der Waals surface area contributed by atoms with E-state index in [4.69, 9.17) is 53.5 Å². The zero-order valence-corrected chi connectivity index (χ0v) is 43.2. The number of amidine groups is 1. The largest absolute Gasteiger partial charge is 0.519 e. The molecule has 2 amide bonds. The number of hydrogen-bond donors (Lipinski definition) is 5. The second-order valence-corrected chi connectivity index (χ2v) is 17.4. The molecule has 5 N–H and O–H groups in total. The molecule has 25 nitrogen and oxygen atoms in total. The summed E-state index contributed by atoms with van der Waals surface area (Å²) in [6.07, 6.45) is -3.43. The maximum absolute atomic E-state index is 14.2. The number of tetrazole rings is 1. The van der Waals surface area contributed by atoms with Crippen molar-refractivity contribution in [2.24, 2.45) is 22.3 Å². The SMILES string of the molecule is Cc1oc(=O)oc1CCl.Cc1oc(=O)oc1COC(=O)[C@H](O)CN(Cc1ccc(-c2cc(Cl)ccc2F)cc1)NC(=O)C1=NCN=N1.Cn1nnc(C(=O)NN(Cc2ccc(-c3cc(Cl)ccc3F)cc2)C[C@@H](O)C(=O)O)n1. The number of aromatic nitrogens is 4. The number of hydrazine groups is 2. The fraction of sp³-hybridized carbons (Fsp3) is 0.250. The maximum atomic E-state index is 14.2. The number of aliphatic imine (C=N–C) groups is 1. The van der Waals surface area contributed by atoms with Crippen LogP contribution in [0.1, 0.15) is 44.8 Å². The van der Waals surface area contributed by atoms with Crippen LogP contribution in [0, 0.1) is 25.5 Å². The molecule has 0 aliphatic carbocycles. The number of carboxylic acids is 1. The lowest BCUT2D eigenvalue weighted by atomic mass is 10.0. The number of halogens is 5. The Hall–Kier alpha value is -8.31. The Labute approximate surface area is 453 Å². The van der Waals surface area contributed by atoms with Gasteiger partial charge in [-0.1, -0.05) is 71.7 Å². The van der Waals surface area contributed by atoms with Gasteiger partial charge in [-0.15, -0.1) is 26.9 Å². The molecule has 0 spiro atoms. The van der Waals surface area contributed by atoms with Crippen molar-refractivity contribution in [1.29, 1.82) is 0 Å². The molecule has 0 bridgehead atoms. The minimum Gasteiger partial charge on any atom is -0.479 e. The number of hydrogen-bond acceptors (Lipinski definition) is 21. The first-order chi connectivity index (χ1) is 37.1. The number of aryl methyl sites for hydroxylation is 3. The molecule has 78 heavy (non-hydrogen) atoms. The van der Waals surface area contributed by atoms with Crippen molar-refractivity contribution < 1.29 is 65.7 Å². The molecule has 2 atom stereocenters. The predicted octanol–water partition coefficient (Wildman–Crippen LogP) is 5.30. The molecule has 0 fully saturated rings. The van der Waals surface area contributed by atoms with Crippen molar-refractivity contribution >= 4 is 64.4 Å². The van der Waals surface area contributed by atoms with Crippen molar-refractivity contribution in [3.05, 3.63) is 168 Å². The third-order valence-electron chi connectivity index (χ3n) is 10.5. The van der Waals surface area contributed by atoms with Crippen LogP contribution in [0.25, 0.3) is 22.3 Å². The zero-order valence-electron chi connectivity index (χ0n) is 40.9. The van der Waals surface area contributed by atoms with Crippen molar-refractivity contribution in [3.63, 3.8) is 0 Å². The number of benzene rings is 4. The van der Waals surface area contributed by atoms with Gasteiger partial charge in [0.2, 0.25) is 5.84 Å². The number of carbonyl (C=O) groups excluding carboxylic acids is 3. The van der Waals surface area contributed by atoms with Gasteiger partial charge >= 0.3 is 35.4 Å². The number of ether oxygens (including phenoxy) is 1. The topological polar surface area (TPSA) is 336 Å². The van der Waals surface area contributed by atoms with E-state index >= 15 is 0 Å². The molecule has 8 rings (SSSR count). The molecule has 410 valence electrons. The molecule has 30 heteroatoms. The van der Waals surface area contributed by atoms with E-state index < -0.39 is 72.4 Å². The van der Waals surface area contributed by atoms with E-state index in [0.29, 0.717) is 54.9 Å². The van der Waals surface area contributed by atoms with E-state index in [-0.39, 0.29) is 55.4 Å². The smallest absolute Gasteiger partial charge is 0.479 e. The fourth-order valence-corrected chi connectivity index (χ4v) is 7.26. The number of nitrogens with one attached hydrogen (secondary N) is 2. The number of alkyl halides is 1. The monoisotopic (exact) mass is 1140 g/mol. The Balaban J connectivity index is 0.000000220. The average molecular weight is 1140 g/mol. The zero-order chi connectivity index (χ0) is 56.6. The highest BCUT2D eigenvalue weighted by molar-refractivity contribution is 6.38. The molecule has 7 aromatic rings. The highest BCUT2D eigenvalue weighted by atomic mass is 35.5. The van der Waals surface area contributed by atoms with Gasteiger partial charge in [-0.25, -0.2) is 43.0 Å². The van der Waals surface area contributed by atoms with Gasteiger partial charge in [0.1, 0.15) is 17.4 Å². The van der Waals surface area contributed by atoms with Gasteiger partial charge in [0.25, 0.3) is 5.82 Å². The van der Waals surface area contributed by atoms with Crippen LogP contribution in [-0.2, 0) is 51.7 Å². The number of esters is 1. The summed E-state index contributed by atoms with van der Waals surface area (Å²) in [5.41, 5.74) is 8.13. The van der Waals surface area contributed by atoms with Crippen LogP contribution in [0.4, 0.5) is 8.78 Å². The molecule has 1 aliphatic heterocycles. The van der Waals surface area contributed by atoms with Gasteiger partial charge in [-0.2, -0.15) is 9.91 Å². The fourth-order valence-electron chi connectivity index (χ4n) is 6.67. The van der Waals surface area contributed by atoms with E-state index in [2.05, 4.69) is 50.3 Å². The highest BCUT2D eigenvalue weighted by Crippen LogP contribution is 2.28. The second-order valence-electron chi connectivity index (χ2n) is 16.2.